The fraction of sp³-hybridized carbons (Fsp3) is 0.273. The Morgan fingerprint density at radius 2 is 1.69 bits per heavy atom. The molecule has 0 aliphatic rings. The molecule has 0 aliphatic carbocycles. The van der Waals surface area contributed by atoms with Crippen LogP contribution in [-0.4, -0.2) is 19.1 Å². The maximum atomic E-state index is 11.0. The minimum Gasteiger partial charge on any atom is -0.453 e. The van der Waals surface area contributed by atoms with Gasteiger partial charge in [0, 0.05) is 18.3 Å². The molecule has 1 aromatic carbocycles. The molecular formula is C11H14N2O3. The standard InChI is InChI=1S/C11H14N2O3/c1-7-4-9(12-8(2)14)6-10(5-7)13-11(15)16-3/h4-6H,1-3H3,(H,12,14)(H,13,15). The van der Waals surface area contributed by atoms with Gasteiger partial charge in [0.15, 0.2) is 0 Å². The lowest BCUT2D eigenvalue weighted by Gasteiger charge is -2.08. The average Bonchev–Trinajstić information content (AvgIpc) is 2.15. The molecule has 0 spiro atoms. The molecule has 0 bridgehead atoms. The Labute approximate surface area is 93.8 Å². The number of anilines is 2. The Balaban J connectivity index is 2.89. The van der Waals surface area contributed by atoms with Gasteiger partial charge in [0.25, 0.3) is 0 Å². The monoisotopic (exact) mass is 222 g/mol. The smallest absolute Gasteiger partial charge is 0.411 e. The van der Waals surface area contributed by atoms with Crippen molar-refractivity contribution in [3.63, 3.8) is 0 Å². The number of amides is 2. The number of hydrogen-bond acceptors (Lipinski definition) is 3. The molecule has 0 saturated carbocycles. The van der Waals surface area contributed by atoms with Crippen molar-refractivity contribution in [3.05, 3.63) is 23.8 Å². The number of hydrogen-bond donors (Lipinski definition) is 2. The van der Waals surface area contributed by atoms with E-state index >= 15 is 0 Å². The molecule has 0 radical (unpaired) electrons. The highest BCUT2D eigenvalue weighted by Crippen LogP contribution is 2.18. The molecule has 2 amide bonds. The van der Waals surface area contributed by atoms with Gasteiger partial charge < -0.3 is 10.1 Å². The first kappa shape index (κ1) is 12.0. The summed E-state index contributed by atoms with van der Waals surface area (Å²) in [5.41, 5.74) is 2.15. The van der Waals surface area contributed by atoms with Crippen molar-refractivity contribution in [2.45, 2.75) is 13.8 Å². The predicted octanol–water partition coefficient (Wildman–Crippen LogP) is 2.13. The van der Waals surface area contributed by atoms with Crippen LogP contribution in [0.2, 0.25) is 0 Å². The first-order chi connectivity index (χ1) is 7.51. The third-order valence-corrected chi connectivity index (χ3v) is 1.83. The van der Waals surface area contributed by atoms with Gasteiger partial charge >= 0.3 is 6.09 Å². The topological polar surface area (TPSA) is 67.4 Å². The minimum absolute atomic E-state index is 0.158. The van der Waals surface area contributed by atoms with E-state index in [9.17, 15) is 9.59 Å². The Morgan fingerprint density at radius 3 is 2.19 bits per heavy atom. The van der Waals surface area contributed by atoms with Crippen molar-refractivity contribution >= 4 is 23.4 Å². The van der Waals surface area contributed by atoms with Crippen LogP contribution in [-0.2, 0) is 9.53 Å². The molecule has 0 heterocycles. The molecule has 1 rings (SSSR count). The van der Waals surface area contributed by atoms with Crippen molar-refractivity contribution < 1.29 is 14.3 Å². The predicted molar refractivity (Wildman–Crippen MR) is 61.5 cm³/mol. The van der Waals surface area contributed by atoms with Crippen molar-refractivity contribution in [2.75, 3.05) is 17.7 Å². The Hall–Kier alpha value is -2.04. The lowest BCUT2D eigenvalue weighted by Crippen LogP contribution is -2.12. The Bertz CT molecular complexity index is 416. The summed E-state index contributed by atoms with van der Waals surface area (Å²) in [5, 5.41) is 5.18. The number of aryl methyl sites for hydroxylation is 1. The molecule has 2 N–H and O–H groups in total. The van der Waals surface area contributed by atoms with Gasteiger partial charge in [-0.25, -0.2) is 4.79 Å². The first-order valence-electron chi connectivity index (χ1n) is 4.75. The van der Waals surface area contributed by atoms with Gasteiger partial charge in [-0.1, -0.05) is 0 Å². The van der Waals surface area contributed by atoms with Crippen LogP contribution in [0.15, 0.2) is 18.2 Å². The molecular weight excluding hydrogens is 208 g/mol. The van der Waals surface area contributed by atoms with Gasteiger partial charge in [-0.3, -0.25) is 10.1 Å². The van der Waals surface area contributed by atoms with E-state index in [1.807, 2.05) is 13.0 Å². The molecule has 86 valence electrons. The Morgan fingerprint density at radius 1 is 1.12 bits per heavy atom. The summed E-state index contributed by atoms with van der Waals surface area (Å²) in [6.07, 6.45) is -0.542. The van der Waals surface area contributed by atoms with Crippen LogP contribution in [0.3, 0.4) is 0 Å². The second-order valence-electron chi connectivity index (χ2n) is 3.39. The number of methoxy groups -OCH3 is 1. The van der Waals surface area contributed by atoms with E-state index in [1.54, 1.807) is 12.1 Å². The fourth-order valence-corrected chi connectivity index (χ4v) is 1.30. The number of nitrogens with one attached hydrogen (secondary N) is 2. The summed E-state index contributed by atoms with van der Waals surface area (Å²) in [7, 11) is 1.29. The highest BCUT2D eigenvalue weighted by Gasteiger charge is 2.03. The molecule has 0 saturated heterocycles. The zero-order valence-corrected chi connectivity index (χ0v) is 9.46. The first-order valence-corrected chi connectivity index (χ1v) is 4.75. The SMILES string of the molecule is COC(=O)Nc1cc(C)cc(NC(C)=O)c1. The number of ether oxygens (including phenoxy) is 1. The zero-order valence-electron chi connectivity index (χ0n) is 9.46. The molecule has 0 aromatic heterocycles. The highest BCUT2D eigenvalue weighted by molar-refractivity contribution is 5.91. The summed E-state index contributed by atoms with van der Waals surface area (Å²) in [6, 6.07) is 5.25. The quantitative estimate of drug-likeness (QED) is 0.805. The second-order valence-corrected chi connectivity index (χ2v) is 3.39. The van der Waals surface area contributed by atoms with Crippen LogP contribution in [0.4, 0.5) is 16.2 Å². The molecule has 1 aromatic rings. The van der Waals surface area contributed by atoms with E-state index < -0.39 is 6.09 Å². The molecule has 0 aliphatic heterocycles. The minimum atomic E-state index is -0.542. The van der Waals surface area contributed by atoms with E-state index in [4.69, 9.17) is 0 Å². The van der Waals surface area contributed by atoms with Gasteiger partial charge in [-0.15, -0.1) is 0 Å². The van der Waals surface area contributed by atoms with Crippen molar-refractivity contribution in [1.82, 2.24) is 0 Å². The largest absolute Gasteiger partial charge is 0.453 e. The van der Waals surface area contributed by atoms with Crippen LogP contribution in [0.1, 0.15) is 12.5 Å². The Kier molecular flexibility index (Phi) is 3.88. The number of rotatable bonds is 2. The van der Waals surface area contributed by atoms with E-state index in [-0.39, 0.29) is 5.91 Å². The normalized spacial score (nSPS) is 9.44. The number of carbonyl (C=O) groups is 2. The summed E-state index contributed by atoms with van der Waals surface area (Å²) in [4.78, 5) is 21.9. The third-order valence-electron chi connectivity index (χ3n) is 1.83. The number of benzene rings is 1. The zero-order chi connectivity index (χ0) is 12.1. The summed E-state index contributed by atoms with van der Waals surface area (Å²) >= 11 is 0. The summed E-state index contributed by atoms with van der Waals surface area (Å²) in [6.45, 7) is 3.30. The van der Waals surface area contributed by atoms with E-state index in [2.05, 4.69) is 15.4 Å². The maximum absolute atomic E-state index is 11.0. The molecule has 0 atom stereocenters. The van der Waals surface area contributed by atoms with Gasteiger partial charge in [0.2, 0.25) is 5.91 Å². The van der Waals surface area contributed by atoms with E-state index in [0.29, 0.717) is 11.4 Å². The molecule has 5 heteroatoms. The lowest BCUT2D eigenvalue weighted by atomic mass is 10.2. The van der Waals surface area contributed by atoms with Crippen molar-refractivity contribution in [2.24, 2.45) is 0 Å². The molecule has 5 nitrogen and oxygen atoms in total. The summed E-state index contributed by atoms with van der Waals surface area (Å²) < 4.78 is 4.48. The van der Waals surface area contributed by atoms with Crippen LogP contribution in [0.5, 0.6) is 0 Å². The maximum Gasteiger partial charge on any atom is 0.411 e. The molecule has 16 heavy (non-hydrogen) atoms. The van der Waals surface area contributed by atoms with Gasteiger partial charge in [0.1, 0.15) is 0 Å². The van der Waals surface area contributed by atoms with Gasteiger partial charge in [0.05, 0.1) is 7.11 Å². The third kappa shape index (κ3) is 3.61. The van der Waals surface area contributed by atoms with Crippen LogP contribution in [0.25, 0.3) is 0 Å². The van der Waals surface area contributed by atoms with Crippen molar-refractivity contribution in [1.29, 1.82) is 0 Å². The highest BCUT2D eigenvalue weighted by atomic mass is 16.5. The van der Waals surface area contributed by atoms with Gasteiger partial charge in [-0.05, 0) is 30.7 Å². The van der Waals surface area contributed by atoms with E-state index in [0.717, 1.165) is 5.56 Å². The molecule has 0 unspecified atom stereocenters. The fourth-order valence-electron chi connectivity index (χ4n) is 1.30. The van der Waals surface area contributed by atoms with Crippen LogP contribution in [0, 0.1) is 6.92 Å². The van der Waals surface area contributed by atoms with Crippen molar-refractivity contribution in [3.8, 4) is 0 Å². The van der Waals surface area contributed by atoms with Crippen LogP contribution >= 0.6 is 0 Å². The van der Waals surface area contributed by atoms with Crippen LogP contribution < -0.4 is 10.6 Å². The number of carbonyl (C=O) groups excluding carboxylic acids is 2. The van der Waals surface area contributed by atoms with Gasteiger partial charge in [-0.2, -0.15) is 0 Å². The molecule has 0 fully saturated rings. The second kappa shape index (κ2) is 5.16. The van der Waals surface area contributed by atoms with E-state index in [1.165, 1.54) is 14.0 Å². The summed E-state index contributed by atoms with van der Waals surface area (Å²) in [5.74, 6) is -0.158. The lowest BCUT2D eigenvalue weighted by molar-refractivity contribution is -0.114. The average molecular weight is 222 g/mol.